The van der Waals surface area contributed by atoms with E-state index >= 15 is 0 Å². The molecule has 1 amide bonds. The largest absolute Gasteiger partial charge is 0.326 e. The number of carbonyl (C=O) groups excluding carboxylic acids is 1. The lowest BCUT2D eigenvalue weighted by Gasteiger charge is -2.08. The zero-order chi connectivity index (χ0) is 17.1. The van der Waals surface area contributed by atoms with Crippen molar-refractivity contribution in [2.75, 3.05) is 5.32 Å². The van der Waals surface area contributed by atoms with Crippen LogP contribution in [0.1, 0.15) is 11.4 Å². The highest BCUT2D eigenvalue weighted by molar-refractivity contribution is 5.92. The number of benzene rings is 2. The number of aryl methyl sites for hydroxylation is 1. The van der Waals surface area contributed by atoms with Gasteiger partial charge in [0.05, 0.1) is 6.42 Å². The number of aromatic amines is 1. The van der Waals surface area contributed by atoms with Crippen LogP contribution in [0.15, 0.2) is 42.5 Å². The zero-order valence-corrected chi connectivity index (χ0v) is 12.8. The molecule has 0 bridgehead atoms. The number of carbonyl (C=O) groups is 1. The molecule has 0 spiro atoms. The van der Waals surface area contributed by atoms with Gasteiger partial charge >= 0.3 is 0 Å². The van der Waals surface area contributed by atoms with Crippen molar-refractivity contribution in [3.8, 4) is 11.4 Å². The third-order valence-electron chi connectivity index (χ3n) is 3.40. The molecule has 0 atom stereocenters. The van der Waals surface area contributed by atoms with Gasteiger partial charge in [-0.15, -0.1) is 0 Å². The number of hydrogen-bond donors (Lipinski definition) is 2. The Kier molecular flexibility index (Phi) is 4.33. The lowest BCUT2D eigenvalue weighted by molar-refractivity contribution is -0.115. The molecule has 0 aliphatic carbocycles. The molecule has 0 aliphatic heterocycles. The van der Waals surface area contributed by atoms with Crippen molar-refractivity contribution >= 4 is 11.6 Å². The van der Waals surface area contributed by atoms with E-state index in [-0.39, 0.29) is 12.0 Å². The van der Waals surface area contributed by atoms with Crippen LogP contribution in [0.3, 0.4) is 0 Å². The first kappa shape index (κ1) is 15.8. The fourth-order valence-electron chi connectivity index (χ4n) is 2.27. The van der Waals surface area contributed by atoms with Gasteiger partial charge in [0.1, 0.15) is 17.5 Å². The van der Waals surface area contributed by atoms with Gasteiger partial charge in [0, 0.05) is 16.8 Å². The number of H-pyrrole nitrogens is 1. The van der Waals surface area contributed by atoms with Crippen molar-refractivity contribution in [2.45, 2.75) is 13.3 Å². The number of anilines is 1. The average molecular weight is 328 g/mol. The second-order valence-corrected chi connectivity index (χ2v) is 5.25. The highest BCUT2D eigenvalue weighted by Gasteiger charge is 2.13. The smallest absolute Gasteiger partial charge is 0.229 e. The lowest BCUT2D eigenvalue weighted by Crippen LogP contribution is -2.16. The molecule has 24 heavy (non-hydrogen) atoms. The quantitative estimate of drug-likeness (QED) is 0.772. The van der Waals surface area contributed by atoms with Crippen molar-refractivity contribution < 1.29 is 13.6 Å². The summed E-state index contributed by atoms with van der Waals surface area (Å²) in [7, 11) is 0. The molecule has 2 N–H and O–H groups in total. The molecule has 5 nitrogen and oxygen atoms in total. The van der Waals surface area contributed by atoms with Crippen LogP contribution in [0.4, 0.5) is 14.5 Å². The Morgan fingerprint density at radius 1 is 1.17 bits per heavy atom. The monoisotopic (exact) mass is 328 g/mol. The van der Waals surface area contributed by atoms with Crippen LogP contribution in [0.5, 0.6) is 0 Å². The maximum atomic E-state index is 13.6. The summed E-state index contributed by atoms with van der Waals surface area (Å²) in [6.07, 6.45) is -0.386. The van der Waals surface area contributed by atoms with E-state index in [2.05, 4.69) is 20.5 Å². The summed E-state index contributed by atoms with van der Waals surface area (Å²) in [5.41, 5.74) is 0.960. The van der Waals surface area contributed by atoms with E-state index in [1.807, 2.05) is 0 Å². The summed E-state index contributed by atoms with van der Waals surface area (Å²) < 4.78 is 27.2. The van der Waals surface area contributed by atoms with E-state index < -0.39 is 17.5 Å². The fourth-order valence-corrected chi connectivity index (χ4v) is 2.27. The standard InChI is InChI=1S/C17H14F2N4O/c1-10-20-17(23-22-10)11-4-2-5-12(8-11)21-16(24)9-13-14(18)6-3-7-15(13)19/h2-8H,9H2,1H3,(H,21,24)(H,20,22,23). The normalized spacial score (nSPS) is 10.6. The highest BCUT2D eigenvalue weighted by atomic mass is 19.1. The number of amides is 1. The van der Waals surface area contributed by atoms with Gasteiger partial charge in [0.2, 0.25) is 5.91 Å². The predicted molar refractivity (Wildman–Crippen MR) is 85.2 cm³/mol. The van der Waals surface area contributed by atoms with Crippen LogP contribution in [0, 0.1) is 18.6 Å². The van der Waals surface area contributed by atoms with E-state index in [1.54, 1.807) is 31.2 Å². The number of nitrogens with zero attached hydrogens (tertiary/aromatic N) is 2. The minimum absolute atomic E-state index is 0.254. The SMILES string of the molecule is Cc1nc(-c2cccc(NC(=O)Cc3c(F)cccc3F)c2)n[nH]1. The van der Waals surface area contributed by atoms with Gasteiger partial charge in [-0.05, 0) is 31.2 Å². The number of aromatic nitrogens is 3. The molecule has 1 aromatic heterocycles. The molecule has 7 heteroatoms. The second kappa shape index (κ2) is 6.57. The second-order valence-electron chi connectivity index (χ2n) is 5.25. The summed E-state index contributed by atoms with van der Waals surface area (Å²) in [4.78, 5) is 16.3. The number of halogens is 2. The maximum Gasteiger partial charge on any atom is 0.229 e. The van der Waals surface area contributed by atoms with Crippen LogP contribution in [-0.2, 0) is 11.2 Å². The van der Waals surface area contributed by atoms with Gasteiger partial charge in [-0.2, -0.15) is 5.10 Å². The Bertz CT molecular complexity index is 872. The highest BCUT2D eigenvalue weighted by Crippen LogP contribution is 2.20. The first-order valence-corrected chi connectivity index (χ1v) is 7.25. The van der Waals surface area contributed by atoms with Crippen LogP contribution in [-0.4, -0.2) is 21.1 Å². The van der Waals surface area contributed by atoms with Gasteiger partial charge < -0.3 is 5.32 Å². The third-order valence-corrected chi connectivity index (χ3v) is 3.40. The van der Waals surface area contributed by atoms with Crippen molar-refractivity contribution in [1.29, 1.82) is 0 Å². The topological polar surface area (TPSA) is 70.7 Å². The first-order chi connectivity index (χ1) is 11.5. The molecular formula is C17H14F2N4O. The lowest BCUT2D eigenvalue weighted by atomic mass is 10.1. The Balaban J connectivity index is 1.75. The average Bonchev–Trinajstić information content (AvgIpc) is 2.98. The Hall–Kier alpha value is -3.09. The Morgan fingerprint density at radius 2 is 1.88 bits per heavy atom. The van der Waals surface area contributed by atoms with E-state index in [1.165, 1.54) is 6.07 Å². The van der Waals surface area contributed by atoms with Gasteiger partial charge in [0.25, 0.3) is 0 Å². The predicted octanol–water partition coefficient (Wildman–Crippen LogP) is 3.24. The summed E-state index contributed by atoms with van der Waals surface area (Å²) >= 11 is 0. The number of hydrogen-bond acceptors (Lipinski definition) is 3. The van der Waals surface area contributed by atoms with E-state index in [4.69, 9.17) is 0 Å². The molecule has 0 radical (unpaired) electrons. The third kappa shape index (κ3) is 3.45. The van der Waals surface area contributed by atoms with Crippen molar-refractivity contribution in [3.63, 3.8) is 0 Å². The van der Waals surface area contributed by atoms with Gasteiger partial charge in [-0.25, -0.2) is 13.8 Å². The van der Waals surface area contributed by atoms with Crippen LogP contribution in [0.2, 0.25) is 0 Å². The minimum atomic E-state index is -0.741. The molecule has 122 valence electrons. The molecule has 0 fully saturated rings. The summed E-state index contributed by atoms with van der Waals surface area (Å²) in [6, 6.07) is 10.4. The summed E-state index contributed by atoms with van der Waals surface area (Å²) in [5, 5.41) is 9.41. The van der Waals surface area contributed by atoms with E-state index in [9.17, 15) is 13.6 Å². The van der Waals surface area contributed by atoms with E-state index in [0.717, 1.165) is 12.1 Å². The fraction of sp³-hybridized carbons (Fsp3) is 0.118. The molecule has 0 unspecified atom stereocenters. The van der Waals surface area contributed by atoms with Crippen LogP contribution < -0.4 is 5.32 Å². The molecule has 3 aromatic rings. The zero-order valence-electron chi connectivity index (χ0n) is 12.8. The molecule has 0 saturated carbocycles. The van der Waals surface area contributed by atoms with Crippen molar-refractivity contribution in [2.24, 2.45) is 0 Å². The number of nitrogens with one attached hydrogen (secondary N) is 2. The Morgan fingerprint density at radius 3 is 2.54 bits per heavy atom. The molecule has 0 saturated heterocycles. The number of rotatable bonds is 4. The van der Waals surface area contributed by atoms with Crippen LogP contribution in [0.25, 0.3) is 11.4 Å². The van der Waals surface area contributed by atoms with Crippen molar-refractivity contribution in [1.82, 2.24) is 15.2 Å². The van der Waals surface area contributed by atoms with E-state index in [0.29, 0.717) is 22.9 Å². The van der Waals surface area contributed by atoms with Gasteiger partial charge in [0.15, 0.2) is 5.82 Å². The van der Waals surface area contributed by atoms with Crippen LogP contribution >= 0.6 is 0 Å². The first-order valence-electron chi connectivity index (χ1n) is 7.25. The summed E-state index contributed by atoms with van der Waals surface area (Å²) in [5.74, 6) is -0.814. The molecule has 0 aliphatic rings. The molecule has 2 aromatic carbocycles. The van der Waals surface area contributed by atoms with Gasteiger partial charge in [-0.1, -0.05) is 18.2 Å². The Labute approximate surface area is 136 Å². The maximum absolute atomic E-state index is 13.6. The molecule has 3 rings (SSSR count). The summed E-state index contributed by atoms with van der Waals surface area (Å²) in [6.45, 7) is 1.78. The molecule has 1 heterocycles. The minimum Gasteiger partial charge on any atom is -0.326 e. The van der Waals surface area contributed by atoms with Gasteiger partial charge in [-0.3, -0.25) is 9.89 Å². The molecular weight excluding hydrogens is 314 g/mol. The van der Waals surface area contributed by atoms with Crippen molar-refractivity contribution in [3.05, 3.63) is 65.5 Å².